The van der Waals surface area contributed by atoms with Gasteiger partial charge in [-0.3, -0.25) is 0 Å². The maximum atomic E-state index is 9.60. The molecule has 3 heteroatoms. The van der Waals surface area contributed by atoms with Gasteiger partial charge in [-0.25, -0.2) is 4.79 Å². The quantitative estimate of drug-likeness (QED) is 0.387. The Morgan fingerprint density at radius 1 is 1.71 bits per heavy atom. The molecule has 0 aromatic carbocycles. The first-order valence-electron chi connectivity index (χ1n) is 1.53. The molecule has 0 unspecified atom stereocenters. The van der Waals surface area contributed by atoms with E-state index in [9.17, 15) is 4.79 Å². The van der Waals surface area contributed by atoms with Crippen molar-refractivity contribution in [3.8, 4) is 0 Å². The first-order chi connectivity index (χ1) is 2.64. The zero-order chi connectivity index (χ0) is 5.15. The van der Waals surface area contributed by atoms with Crippen molar-refractivity contribution in [3.63, 3.8) is 0 Å². The van der Waals surface area contributed by atoms with E-state index in [-0.39, 0.29) is 35.1 Å². The third-order valence-electron chi connectivity index (χ3n) is 0.365. The standard InChI is InChI=1S/C4H6O2.Na/c1-3(2)4(5)6;/h1H2,2H3,(H,5,6);. The van der Waals surface area contributed by atoms with Gasteiger partial charge < -0.3 is 5.11 Å². The van der Waals surface area contributed by atoms with Crippen molar-refractivity contribution in [2.24, 2.45) is 0 Å². The van der Waals surface area contributed by atoms with Crippen molar-refractivity contribution in [1.82, 2.24) is 0 Å². The first kappa shape index (κ1) is 10.2. The number of carboxylic acid groups (broad SMARTS) is 1. The van der Waals surface area contributed by atoms with E-state index in [1.54, 1.807) is 0 Å². The molecule has 1 N–H and O–H groups in total. The van der Waals surface area contributed by atoms with Crippen LogP contribution in [-0.4, -0.2) is 40.6 Å². The summed E-state index contributed by atoms with van der Waals surface area (Å²) >= 11 is 0. The van der Waals surface area contributed by atoms with Gasteiger partial charge in [-0.05, 0) is 6.92 Å². The Labute approximate surface area is 64.5 Å². The molecule has 0 amide bonds. The summed E-state index contributed by atoms with van der Waals surface area (Å²) in [6.45, 7) is 4.60. The molecule has 0 aliphatic carbocycles. The SMILES string of the molecule is C=C(C)C(=O)O.[Na]. The topological polar surface area (TPSA) is 37.3 Å². The van der Waals surface area contributed by atoms with Gasteiger partial charge in [0.15, 0.2) is 0 Å². The van der Waals surface area contributed by atoms with Gasteiger partial charge in [0.2, 0.25) is 0 Å². The van der Waals surface area contributed by atoms with Gasteiger partial charge in [-0.15, -0.1) is 0 Å². The fourth-order valence-electron chi connectivity index (χ4n) is 0. The molecular weight excluding hydrogens is 103 g/mol. The van der Waals surface area contributed by atoms with Crippen molar-refractivity contribution in [2.75, 3.05) is 0 Å². The molecule has 0 aromatic rings. The van der Waals surface area contributed by atoms with E-state index in [4.69, 9.17) is 5.11 Å². The van der Waals surface area contributed by atoms with Gasteiger partial charge >= 0.3 is 5.97 Å². The minimum absolute atomic E-state index is 0. The van der Waals surface area contributed by atoms with E-state index in [0.29, 0.717) is 0 Å². The number of rotatable bonds is 1. The minimum atomic E-state index is -0.935. The summed E-state index contributed by atoms with van der Waals surface area (Å²) in [5.74, 6) is -0.935. The van der Waals surface area contributed by atoms with Crippen LogP contribution in [0.5, 0.6) is 0 Å². The molecule has 0 atom stereocenters. The number of aliphatic carboxylic acids is 1. The third-order valence-corrected chi connectivity index (χ3v) is 0.365. The van der Waals surface area contributed by atoms with Crippen LogP contribution in [0.15, 0.2) is 12.2 Å². The fraction of sp³-hybridized carbons (Fsp3) is 0.250. The number of carboxylic acids is 1. The van der Waals surface area contributed by atoms with Crippen LogP contribution < -0.4 is 0 Å². The first-order valence-corrected chi connectivity index (χ1v) is 1.53. The zero-order valence-corrected chi connectivity index (χ0v) is 6.56. The van der Waals surface area contributed by atoms with Gasteiger partial charge in [0.25, 0.3) is 0 Å². The number of carbonyl (C=O) groups is 1. The van der Waals surface area contributed by atoms with Crippen LogP contribution in [0.4, 0.5) is 0 Å². The normalized spacial score (nSPS) is 6.43. The molecule has 0 aliphatic heterocycles. The second-order valence-corrected chi connectivity index (χ2v) is 1.09. The summed E-state index contributed by atoms with van der Waals surface area (Å²) in [6.07, 6.45) is 0. The molecule has 0 saturated heterocycles. The molecule has 35 valence electrons. The van der Waals surface area contributed by atoms with Crippen molar-refractivity contribution in [3.05, 3.63) is 12.2 Å². The monoisotopic (exact) mass is 109 g/mol. The van der Waals surface area contributed by atoms with Crippen molar-refractivity contribution < 1.29 is 9.90 Å². The Kier molecular flexibility index (Phi) is 6.40. The Hall–Kier alpha value is 0.210. The average Bonchev–Trinajstić information content (AvgIpc) is 1.36. The van der Waals surface area contributed by atoms with Crippen LogP contribution in [0.1, 0.15) is 6.92 Å². The predicted octanol–water partition coefficient (Wildman–Crippen LogP) is 0.266. The van der Waals surface area contributed by atoms with Crippen molar-refractivity contribution in [1.29, 1.82) is 0 Å². The molecule has 7 heavy (non-hydrogen) atoms. The van der Waals surface area contributed by atoms with Gasteiger partial charge in [0, 0.05) is 35.1 Å². The molecule has 0 rings (SSSR count). The van der Waals surface area contributed by atoms with Crippen LogP contribution in [0.3, 0.4) is 0 Å². The molecule has 0 saturated carbocycles. The van der Waals surface area contributed by atoms with E-state index in [2.05, 4.69) is 6.58 Å². The predicted molar refractivity (Wildman–Crippen MR) is 28.2 cm³/mol. The van der Waals surface area contributed by atoms with E-state index in [1.165, 1.54) is 6.92 Å². The number of hydrogen-bond donors (Lipinski definition) is 1. The maximum Gasteiger partial charge on any atom is 0.330 e. The maximum absolute atomic E-state index is 9.60. The molecule has 0 fully saturated rings. The molecule has 0 aromatic heterocycles. The van der Waals surface area contributed by atoms with E-state index >= 15 is 0 Å². The van der Waals surface area contributed by atoms with Crippen LogP contribution in [0, 0.1) is 0 Å². The molecular formula is C4H6NaO2. The van der Waals surface area contributed by atoms with Crippen molar-refractivity contribution in [2.45, 2.75) is 6.92 Å². The Bertz CT molecular complexity index is 75.7. The minimum Gasteiger partial charge on any atom is -0.478 e. The molecule has 1 radical (unpaired) electrons. The van der Waals surface area contributed by atoms with Gasteiger partial charge in [-0.1, -0.05) is 6.58 Å². The van der Waals surface area contributed by atoms with Crippen LogP contribution in [0.25, 0.3) is 0 Å². The molecule has 2 nitrogen and oxygen atoms in total. The largest absolute Gasteiger partial charge is 0.478 e. The summed E-state index contributed by atoms with van der Waals surface area (Å²) in [5, 5.41) is 7.89. The summed E-state index contributed by atoms with van der Waals surface area (Å²) in [5.41, 5.74) is 0.176. The summed E-state index contributed by atoms with van der Waals surface area (Å²) in [4.78, 5) is 9.60. The average molecular weight is 109 g/mol. The third kappa shape index (κ3) is 6.21. The van der Waals surface area contributed by atoms with Crippen LogP contribution >= 0.6 is 0 Å². The van der Waals surface area contributed by atoms with Crippen LogP contribution in [-0.2, 0) is 4.79 Å². The smallest absolute Gasteiger partial charge is 0.330 e. The van der Waals surface area contributed by atoms with Gasteiger partial charge in [-0.2, -0.15) is 0 Å². The Morgan fingerprint density at radius 3 is 1.86 bits per heavy atom. The molecule has 0 aliphatic rings. The molecule has 0 heterocycles. The molecule has 0 spiro atoms. The number of hydrogen-bond acceptors (Lipinski definition) is 1. The summed E-state index contributed by atoms with van der Waals surface area (Å²) in [6, 6.07) is 0. The van der Waals surface area contributed by atoms with Crippen LogP contribution in [0.2, 0.25) is 0 Å². The second kappa shape index (κ2) is 4.37. The Morgan fingerprint density at radius 2 is 1.86 bits per heavy atom. The summed E-state index contributed by atoms with van der Waals surface area (Å²) < 4.78 is 0. The molecule has 0 bridgehead atoms. The van der Waals surface area contributed by atoms with Crippen molar-refractivity contribution >= 4 is 35.5 Å². The van der Waals surface area contributed by atoms with Gasteiger partial charge in [0.1, 0.15) is 0 Å². The van der Waals surface area contributed by atoms with E-state index < -0.39 is 5.97 Å². The second-order valence-electron chi connectivity index (χ2n) is 1.09. The Balaban J connectivity index is 0. The zero-order valence-electron chi connectivity index (χ0n) is 4.56. The van der Waals surface area contributed by atoms with E-state index in [1.807, 2.05) is 0 Å². The fourth-order valence-corrected chi connectivity index (χ4v) is 0. The summed E-state index contributed by atoms with van der Waals surface area (Å²) in [7, 11) is 0. The van der Waals surface area contributed by atoms with E-state index in [0.717, 1.165) is 0 Å². The van der Waals surface area contributed by atoms with Gasteiger partial charge in [0.05, 0.1) is 0 Å².